The minimum absolute atomic E-state index is 0. The standard InChI is InChI=1S/C15H18N4.ClH/c1-2-5-12-10-19-14(8-7-11(12)4-1)17-18-15(19)13-6-3-9-16-13;/h1-2,4-5,13,16H,3,6-10H2;1H/t13-;/m0./s1. The zero-order valence-corrected chi connectivity index (χ0v) is 12.2. The van der Waals surface area contributed by atoms with Crippen LogP contribution < -0.4 is 5.32 Å². The Bertz CT molecular complexity index is 602. The Balaban J connectivity index is 0.00000121. The summed E-state index contributed by atoms with van der Waals surface area (Å²) in [6.07, 6.45) is 4.49. The lowest BCUT2D eigenvalue weighted by molar-refractivity contribution is 0.559. The molecule has 0 saturated carbocycles. The summed E-state index contributed by atoms with van der Waals surface area (Å²) in [6, 6.07) is 9.12. The lowest BCUT2D eigenvalue weighted by Gasteiger charge is -2.13. The van der Waals surface area contributed by atoms with Crippen LogP contribution in [0.4, 0.5) is 0 Å². The molecule has 0 unspecified atom stereocenters. The number of aromatic nitrogens is 3. The topological polar surface area (TPSA) is 42.7 Å². The number of nitrogens with zero attached hydrogens (tertiary/aromatic N) is 3. The summed E-state index contributed by atoms with van der Waals surface area (Å²) in [5.74, 6) is 2.27. The Morgan fingerprint density at radius 2 is 1.95 bits per heavy atom. The molecule has 4 rings (SSSR count). The van der Waals surface area contributed by atoms with Crippen LogP contribution in [0.25, 0.3) is 0 Å². The third kappa shape index (κ3) is 2.23. The highest BCUT2D eigenvalue weighted by Gasteiger charge is 2.25. The number of hydrogen-bond acceptors (Lipinski definition) is 3. The Morgan fingerprint density at radius 3 is 2.75 bits per heavy atom. The van der Waals surface area contributed by atoms with E-state index in [0.29, 0.717) is 6.04 Å². The third-order valence-corrected chi connectivity index (χ3v) is 4.29. The number of benzene rings is 1. The second kappa shape index (κ2) is 5.54. The van der Waals surface area contributed by atoms with Gasteiger partial charge in [0.25, 0.3) is 0 Å². The molecule has 1 saturated heterocycles. The van der Waals surface area contributed by atoms with Gasteiger partial charge in [0.05, 0.1) is 12.6 Å². The first-order valence-corrected chi connectivity index (χ1v) is 7.14. The normalized spacial score (nSPS) is 20.7. The monoisotopic (exact) mass is 290 g/mol. The van der Waals surface area contributed by atoms with Gasteiger partial charge in [-0.3, -0.25) is 0 Å². The minimum atomic E-state index is 0. The Kier molecular flexibility index (Phi) is 3.76. The number of nitrogens with one attached hydrogen (secondary N) is 1. The van der Waals surface area contributed by atoms with Crippen molar-refractivity contribution in [3.8, 4) is 0 Å². The average Bonchev–Trinajstić information content (AvgIpc) is 3.04. The zero-order valence-electron chi connectivity index (χ0n) is 11.4. The van der Waals surface area contributed by atoms with Crippen LogP contribution in [-0.2, 0) is 19.4 Å². The molecule has 20 heavy (non-hydrogen) atoms. The van der Waals surface area contributed by atoms with E-state index in [4.69, 9.17) is 0 Å². The van der Waals surface area contributed by atoms with E-state index in [2.05, 4.69) is 44.3 Å². The molecule has 5 heteroatoms. The van der Waals surface area contributed by atoms with E-state index in [1.807, 2.05) is 0 Å². The third-order valence-electron chi connectivity index (χ3n) is 4.29. The highest BCUT2D eigenvalue weighted by Crippen LogP contribution is 2.26. The van der Waals surface area contributed by atoms with Gasteiger partial charge in [0, 0.05) is 6.42 Å². The largest absolute Gasteiger partial charge is 0.309 e. The van der Waals surface area contributed by atoms with E-state index in [1.165, 1.54) is 24.0 Å². The lowest BCUT2D eigenvalue weighted by atomic mass is 10.0. The van der Waals surface area contributed by atoms with E-state index in [0.717, 1.165) is 37.6 Å². The molecule has 0 bridgehead atoms. The number of hydrogen-bond donors (Lipinski definition) is 1. The van der Waals surface area contributed by atoms with Crippen molar-refractivity contribution in [1.82, 2.24) is 20.1 Å². The van der Waals surface area contributed by atoms with Gasteiger partial charge < -0.3 is 9.88 Å². The van der Waals surface area contributed by atoms with Gasteiger partial charge in [-0.2, -0.15) is 0 Å². The Labute approximate surface area is 125 Å². The molecule has 2 aromatic rings. The molecule has 3 heterocycles. The number of halogens is 1. The first-order valence-electron chi connectivity index (χ1n) is 7.14. The van der Waals surface area contributed by atoms with E-state index in [-0.39, 0.29) is 12.4 Å². The molecule has 1 atom stereocenters. The molecule has 4 nitrogen and oxygen atoms in total. The van der Waals surface area contributed by atoms with Crippen molar-refractivity contribution in [2.75, 3.05) is 6.54 Å². The van der Waals surface area contributed by atoms with Gasteiger partial charge >= 0.3 is 0 Å². The fourth-order valence-electron chi connectivity index (χ4n) is 3.24. The predicted molar refractivity (Wildman–Crippen MR) is 80.2 cm³/mol. The van der Waals surface area contributed by atoms with Gasteiger partial charge in [-0.15, -0.1) is 22.6 Å². The van der Waals surface area contributed by atoms with Crippen LogP contribution in [0.2, 0.25) is 0 Å². The van der Waals surface area contributed by atoms with Gasteiger partial charge in [0.2, 0.25) is 0 Å². The van der Waals surface area contributed by atoms with E-state index in [1.54, 1.807) is 0 Å². The summed E-state index contributed by atoms with van der Waals surface area (Å²) in [6.45, 7) is 2.02. The van der Waals surface area contributed by atoms with E-state index < -0.39 is 0 Å². The van der Waals surface area contributed by atoms with Crippen molar-refractivity contribution in [3.05, 3.63) is 47.0 Å². The van der Waals surface area contributed by atoms with Gasteiger partial charge in [-0.1, -0.05) is 24.3 Å². The molecule has 0 amide bonds. The van der Waals surface area contributed by atoms with Crippen LogP contribution in [0.15, 0.2) is 24.3 Å². The highest BCUT2D eigenvalue weighted by atomic mass is 35.5. The predicted octanol–water partition coefficient (Wildman–Crippen LogP) is 2.27. The molecular weight excluding hydrogens is 272 g/mol. The van der Waals surface area contributed by atoms with Crippen molar-refractivity contribution < 1.29 is 0 Å². The minimum Gasteiger partial charge on any atom is -0.309 e. The number of aryl methyl sites for hydroxylation is 2. The molecule has 1 fully saturated rings. The van der Waals surface area contributed by atoms with Crippen LogP contribution in [0, 0.1) is 0 Å². The summed E-state index contributed by atoms with van der Waals surface area (Å²) in [5.41, 5.74) is 2.87. The van der Waals surface area contributed by atoms with Crippen LogP contribution in [0.1, 0.15) is 41.7 Å². The van der Waals surface area contributed by atoms with Crippen LogP contribution in [0.5, 0.6) is 0 Å². The first-order chi connectivity index (χ1) is 9.42. The van der Waals surface area contributed by atoms with Gasteiger partial charge in [-0.05, 0) is 36.9 Å². The zero-order chi connectivity index (χ0) is 12.7. The highest BCUT2D eigenvalue weighted by molar-refractivity contribution is 5.85. The summed E-state index contributed by atoms with van der Waals surface area (Å²) in [4.78, 5) is 0. The SMILES string of the molecule is Cl.c1ccc2c(c1)CCc1nnc([C@@H]3CCCN3)n1C2. The van der Waals surface area contributed by atoms with Gasteiger partial charge in [0.15, 0.2) is 5.82 Å². The van der Waals surface area contributed by atoms with Gasteiger partial charge in [-0.25, -0.2) is 0 Å². The van der Waals surface area contributed by atoms with Crippen LogP contribution in [-0.4, -0.2) is 21.3 Å². The Hall–Kier alpha value is -1.39. The molecule has 2 aliphatic heterocycles. The first kappa shape index (κ1) is 13.6. The maximum atomic E-state index is 4.44. The summed E-state index contributed by atoms with van der Waals surface area (Å²) in [5, 5.41) is 12.4. The number of rotatable bonds is 1. The van der Waals surface area contributed by atoms with Crippen molar-refractivity contribution in [1.29, 1.82) is 0 Å². The van der Waals surface area contributed by atoms with Crippen molar-refractivity contribution in [3.63, 3.8) is 0 Å². The maximum absolute atomic E-state index is 4.44. The van der Waals surface area contributed by atoms with Crippen LogP contribution in [0.3, 0.4) is 0 Å². The fourth-order valence-corrected chi connectivity index (χ4v) is 3.24. The molecule has 0 aliphatic carbocycles. The molecule has 1 N–H and O–H groups in total. The molecule has 0 spiro atoms. The van der Waals surface area contributed by atoms with E-state index in [9.17, 15) is 0 Å². The summed E-state index contributed by atoms with van der Waals surface area (Å²) >= 11 is 0. The second-order valence-corrected chi connectivity index (χ2v) is 5.48. The van der Waals surface area contributed by atoms with Crippen molar-refractivity contribution in [2.45, 2.75) is 38.3 Å². The second-order valence-electron chi connectivity index (χ2n) is 5.48. The quantitative estimate of drug-likeness (QED) is 0.876. The van der Waals surface area contributed by atoms with Gasteiger partial charge in [0.1, 0.15) is 5.82 Å². The molecule has 1 aromatic carbocycles. The van der Waals surface area contributed by atoms with Crippen molar-refractivity contribution in [2.24, 2.45) is 0 Å². The average molecular weight is 291 g/mol. The fraction of sp³-hybridized carbons (Fsp3) is 0.467. The molecule has 1 aromatic heterocycles. The van der Waals surface area contributed by atoms with E-state index >= 15 is 0 Å². The van der Waals surface area contributed by atoms with Crippen molar-refractivity contribution >= 4 is 12.4 Å². The molecule has 106 valence electrons. The molecule has 0 radical (unpaired) electrons. The molecule has 2 aliphatic rings. The lowest BCUT2D eigenvalue weighted by Crippen LogP contribution is -2.19. The molecular formula is C15H19ClN4. The smallest absolute Gasteiger partial charge is 0.150 e. The maximum Gasteiger partial charge on any atom is 0.150 e. The van der Waals surface area contributed by atoms with Crippen LogP contribution >= 0.6 is 12.4 Å². The Morgan fingerprint density at radius 1 is 1.10 bits per heavy atom. The summed E-state index contributed by atoms with van der Waals surface area (Å²) < 4.78 is 2.33. The number of fused-ring (bicyclic) bond motifs is 2. The summed E-state index contributed by atoms with van der Waals surface area (Å²) in [7, 11) is 0.